The molecule has 1 aliphatic heterocycles. The lowest BCUT2D eigenvalue weighted by Crippen LogP contribution is -2.38. The second-order valence-electron chi connectivity index (χ2n) is 7.07. The van der Waals surface area contributed by atoms with Gasteiger partial charge in [-0.1, -0.05) is 39.8 Å². The first kappa shape index (κ1) is 20.0. The van der Waals surface area contributed by atoms with E-state index in [9.17, 15) is 4.79 Å². The van der Waals surface area contributed by atoms with E-state index in [1.54, 1.807) is 23.1 Å². The van der Waals surface area contributed by atoms with Crippen LogP contribution in [0.25, 0.3) is 5.69 Å². The number of piperidine rings is 1. The second kappa shape index (κ2) is 9.04. The van der Waals surface area contributed by atoms with E-state index in [2.05, 4.69) is 43.1 Å². The van der Waals surface area contributed by atoms with E-state index in [0.29, 0.717) is 22.5 Å². The lowest BCUT2D eigenvalue weighted by molar-refractivity contribution is 0.0690. The molecule has 29 heavy (non-hydrogen) atoms. The molecule has 0 bridgehead atoms. The number of hydrogen-bond donors (Lipinski definition) is 0. The van der Waals surface area contributed by atoms with Crippen LogP contribution in [0.1, 0.15) is 35.9 Å². The van der Waals surface area contributed by atoms with Crippen molar-refractivity contribution in [3.8, 4) is 5.69 Å². The predicted molar refractivity (Wildman–Crippen MR) is 115 cm³/mol. The number of nitrogens with zero attached hydrogens (tertiary/aromatic N) is 6. The van der Waals surface area contributed by atoms with Crippen molar-refractivity contribution in [2.45, 2.75) is 30.7 Å². The first-order valence-electron chi connectivity index (χ1n) is 9.51. The van der Waals surface area contributed by atoms with E-state index in [1.165, 1.54) is 11.8 Å². The van der Waals surface area contributed by atoms with Gasteiger partial charge in [-0.25, -0.2) is 14.6 Å². The normalized spacial score (nSPS) is 14.9. The highest BCUT2D eigenvalue weighted by atomic mass is 79.9. The molecule has 1 aliphatic rings. The van der Waals surface area contributed by atoms with Crippen molar-refractivity contribution in [3.05, 3.63) is 58.6 Å². The van der Waals surface area contributed by atoms with Gasteiger partial charge in [-0.15, -0.1) is 5.10 Å². The topological polar surface area (TPSA) is 76.8 Å². The highest BCUT2D eigenvalue weighted by molar-refractivity contribution is 9.10. The molecular weight excluding hydrogens is 452 g/mol. The van der Waals surface area contributed by atoms with Crippen LogP contribution in [-0.4, -0.2) is 48.9 Å². The minimum atomic E-state index is -0.0511. The van der Waals surface area contributed by atoms with Crippen molar-refractivity contribution in [2.24, 2.45) is 5.92 Å². The quantitative estimate of drug-likeness (QED) is 0.412. The van der Waals surface area contributed by atoms with Gasteiger partial charge in [0.2, 0.25) is 0 Å². The SMILES string of the molecule is CC1CCN(C(=O)c2nnn(-c3ccc(Br)cc3)c2CSc2ncccn2)CC1. The molecule has 1 fully saturated rings. The zero-order valence-electron chi connectivity index (χ0n) is 16.0. The summed E-state index contributed by atoms with van der Waals surface area (Å²) in [5, 5.41) is 9.24. The number of amides is 1. The number of carbonyl (C=O) groups excluding carboxylic acids is 1. The van der Waals surface area contributed by atoms with Crippen LogP contribution in [0.5, 0.6) is 0 Å². The lowest BCUT2D eigenvalue weighted by atomic mass is 9.99. The van der Waals surface area contributed by atoms with Gasteiger partial charge in [-0.05, 0) is 49.1 Å². The molecule has 0 aliphatic carbocycles. The summed E-state index contributed by atoms with van der Waals surface area (Å²) in [6.07, 6.45) is 5.46. The van der Waals surface area contributed by atoms with Crippen molar-refractivity contribution < 1.29 is 4.79 Å². The summed E-state index contributed by atoms with van der Waals surface area (Å²) in [5.41, 5.74) is 2.02. The fourth-order valence-electron chi connectivity index (χ4n) is 3.24. The summed E-state index contributed by atoms with van der Waals surface area (Å²) in [6, 6.07) is 9.57. The molecule has 9 heteroatoms. The van der Waals surface area contributed by atoms with Gasteiger partial charge in [0, 0.05) is 35.7 Å². The number of aromatic nitrogens is 5. The third-order valence-electron chi connectivity index (χ3n) is 4.99. The van der Waals surface area contributed by atoms with Crippen LogP contribution in [0.15, 0.2) is 52.4 Å². The maximum atomic E-state index is 13.2. The highest BCUT2D eigenvalue weighted by Gasteiger charge is 2.27. The Kier molecular flexibility index (Phi) is 6.25. The number of halogens is 1. The summed E-state index contributed by atoms with van der Waals surface area (Å²) in [6.45, 7) is 3.76. The molecular formula is C20H21BrN6OS. The van der Waals surface area contributed by atoms with E-state index < -0.39 is 0 Å². The van der Waals surface area contributed by atoms with Crippen LogP contribution in [0.2, 0.25) is 0 Å². The zero-order chi connectivity index (χ0) is 20.2. The van der Waals surface area contributed by atoms with E-state index in [1.807, 2.05) is 29.2 Å². The number of carbonyl (C=O) groups is 1. The number of thioether (sulfide) groups is 1. The van der Waals surface area contributed by atoms with E-state index >= 15 is 0 Å². The van der Waals surface area contributed by atoms with Gasteiger partial charge < -0.3 is 4.90 Å². The maximum absolute atomic E-state index is 13.2. The molecule has 2 aromatic heterocycles. The molecule has 4 rings (SSSR count). The van der Waals surface area contributed by atoms with Crippen molar-refractivity contribution in [1.29, 1.82) is 0 Å². The Bertz CT molecular complexity index is 970. The molecule has 1 amide bonds. The molecule has 150 valence electrons. The van der Waals surface area contributed by atoms with Crippen molar-refractivity contribution >= 4 is 33.6 Å². The maximum Gasteiger partial charge on any atom is 0.276 e. The number of benzene rings is 1. The van der Waals surface area contributed by atoms with Gasteiger partial charge in [-0.3, -0.25) is 4.79 Å². The van der Waals surface area contributed by atoms with Gasteiger partial charge in [0.05, 0.1) is 11.4 Å². The summed E-state index contributed by atoms with van der Waals surface area (Å²) in [5.74, 6) is 1.10. The van der Waals surface area contributed by atoms with E-state index in [0.717, 1.165) is 41.8 Å². The summed E-state index contributed by atoms with van der Waals surface area (Å²) < 4.78 is 2.72. The van der Waals surface area contributed by atoms with Gasteiger partial charge in [0.15, 0.2) is 10.9 Å². The molecule has 1 saturated heterocycles. The van der Waals surface area contributed by atoms with Crippen LogP contribution < -0.4 is 0 Å². The first-order chi connectivity index (χ1) is 14.1. The lowest BCUT2D eigenvalue weighted by Gasteiger charge is -2.29. The molecule has 0 N–H and O–H groups in total. The predicted octanol–water partition coefficient (Wildman–Crippen LogP) is 3.98. The van der Waals surface area contributed by atoms with Gasteiger partial charge in [0.1, 0.15) is 0 Å². The van der Waals surface area contributed by atoms with Crippen LogP contribution in [-0.2, 0) is 5.75 Å². The molecule has 0 radical (unpaired) electrons. The van der Waals surface area contributed by atoms with Crippen LogP contribution in [0.3, 0.4) is 0 Å². The third-order valence-corrected chi connectivity index (χ3v) is 6.40. The average Bonchev–Trinajstić information content (AvgIpc) is 3.17. The average molecular weight is 473 g/mol. The Morgan fingerprint density at radius 2 is 1.86 bits per heavy atom. The number of hydrogen-bond acceptors (Lipinski definition) is 6. The Balaban J connectivity index is 1.65. The molecule has 0 spiro atoms. The minimum Gasteiger partial charge on any atom is -0.337 e. The Morgan fingerprint density at radius 3 is 2.55 bits per heavy atom. The third kappa shape index (κ3) is 4.67. The Hall–Kier alpha value is -2.26. The fourth-order valence-corrected chi connectivity index (χ4v) is 4.30. The second-order valence-corrected chi connectivity index (χ2v) is 8.93. The van der Waals surface area contributed by atoms with Crippen LogP contribution in [0.4, 0.5) is 0 Å². The molecule has 0 saturated carbocycles. The largest absolute Gasteiger partial charge is 0.337 e. The van der Waals surface area contributed by atoms with E-state index in [4.69, 9.17) is 0 Å². The Morgan fingerprint density at radius 1 is 1.17 bits per heavy atom. The number of rotatable bonds is 5. The highest BCUT2D eigenvalue weighted by Crippen LogP contribution is 2.25. The standard InChI is InChI=1S/C20H21BrN6OS/c1-14-7-11-26(12-8-14)19(28)18-17(13-29-20-22-9-2-10-23-20)27(25-24-18)16-5-3-15(21)4-6-16/h2-6,9-10,14H,7-8,11-13H2,1H3. The van der Waals surface area contributed by atoms with E-state index in [-0.39, 0.29) is 5.91 Å². The first-order valence-corrected chi connectivity index (χ1v) is 11.3. The van der Waals surface area contributed by atoms with Crippen molar-refractivity contribution in [2.75, 3.05) is 13.1 Å². The van der Waals surface area contributed by atoms with Crippen molar-refractivity contribution in [1.82, 2.24) is 29.9 Å². The molecule has 0 unspecified atom stereocenters. The Labute approximate surface area is 182 Å². The van der Waals surface area contributed by atoms with Crippen molar-refractivity contribution in [3.63, 3.8) is 0 Å². The van der Waals surface area contributed by atoms with Gasteiger partial charge in [0.25, 0.3) is 5.91 Å². The van der Waals surface area contributed by atoms with Gasteiger partial charge in [-0.2, -0.15) is 0 Å². The molecule has 3 aromatic rings. The fraction of sp³-hybridized carbons (Fsp3) is 0.350. The van der Waals surface area contributed by atoms with Crippen LogP contribution in [0, 0.1) is 5.92 Å². The summed E-state index contributed by atoms with van der Waals surface area (Å²) >= 11 is 4.92. The smallest absolute Gasteiger partial charge is 0.276 e. The molecule has 1 aromatic carbocycles. The minimum absolute atomic E-state index is 0.0511. The van der Waals surface area contributed by atoms with Gasteiger partial charge >= 0.3 is 0 Å². The molecule has 3 heterocycles. The molecule has 7 nitrogen and oxygen atoms in total. The zero-order valence-corrected chi connectivity index (χ0v) is 18.4. The summed E-state index contributed by atoms with van der Waals surface area (Å²) in [7, 11) is 0. The summed E-state index contributed by atoms with van der Waals surface area (Å²) in [4.78, 5) is 23.6. The number of likely N-dealkylation sites (tertiary alicyclic amines) is 1. The monoisotopic (exact) mass is 472 g/mol. The van der Waals surface area contributed by atoms with Crippen LogP contribution >= 0.6 is 27.7 Å². The molecule has 0 atom stereocenters.